The van der Waals surface area contributed by atoms with E-state index in [2.05, 4.69) is 9.59 Å². The van der Waals surface area contributed by atoms with Crippen LogP contribution in [0, 0.1) is 12.7 Å². The Kier molecular flexibility index (Phi) is 2.88. The zero-order chi connectivity index (χ0) is 10.8. The van der Waals surface area contributed by atoms with Gasteiger partial charge in [0.1, 0.15) is 10.0 Å². The van der Waals surface area contributed by atoms with Gasteiger partial charge in [0, 0.05) is 4.90 Å². The number of benzene rings is 1. The molecule has 0 aliphatic heterocycles. The van der Waals surface area contributed by atoms with E-state index in [4.69, 9.17) is 0 Å². The van der Waals surface area contributed by atoms with Crippen molar-refractivity contribution in [3.8, 4) is 0 Å². The zero-order valence-corrected chi connectivity index (χ0v) is 9.44. The molecule has 0 saturated heterocycles. The molecule has 1 heterocycles. The van der Waals surface area contributed by atoms with E-state index in [1.807, 2.05) is 0 Å². The Bertz CT molecular complexity index is 495. The molecule has 15 heavy (non-hydrogen) atoms. The van der Waals surface area contributed by atoms with Gasteiger partial charge in [-0.3, -0.25) is 0 Å². The van der Waals surface area contributed by atoms with Crippen molar-refractivity contribution in [2.24, 2.45) is 0 Å². The lowest BCUT2D eigenvalue weighted by molar-refractivity contribution is 0.626. The summed E-state index contributed by atoms with van der Waals surface area (Å²) in [6, 6.07) is 5.59. The first-order valence-corrected chi connectivity index (χ1v) is 6.07. The van der Waals surface area contributed by atoms with E-state index in [9.17, 15) is 8.60 Å². The van der Waals surface area contributed by atoms with Crippen LogP contribution in [0.25, 0.3) is 0 Å². The molecule has 2 aromatic rings. The summed E-state index contributed by atoms with van der Waals surface area (Å²) in [7, 11) is -1.31. The molecule has 0 bridgehead atoms. The third-order valence-electron chi connectivity index (χ3n) is 1.81. The van der Waals surface area contributed by atoms with Gasteiger partial charge in [0.05, 0.1) is 16.5 Å². The highest BCUT2D eigenvalue weighted by Gasteiger charge is 2.13. The van der Waals surface area contributed by atoms with Gasteiger partial charge in [0.25, 0.3) is 0 Å². The maximum Gasteiger partial charge on any atom is 0.140 e. The molecule has 1 aromatic carbocycles. The smallest absolute Gasteiger partial charge is 0.140 e. The lowest BCUT2D eigenvalue weighted by Gasteiger charge is -1.98. The minimum Gasteiger partial charge on any atom is -0.248 e. The van der Waals surface area contributed by atoms with Gasteiger partial charge in [0.2, 0.25) is 0 Å². The van der Waals surface area contributed by atoms with Gasteiger partial charge in [-0.15, -0.1) is 5.10 Å². The fourth-order valence-electron chi connectivity index (χ4n) is 1.06. The standard InChI is InChI=1S/C9H7FN2OS2/c1-6-9(14-12-11-6)15(13)8-4-2-7(10)3-5-8/h2-5H,1H3/t15-/m1/s1. The second-order valence-electron chi connectivity index (χ2n) is 2.87. The van der Waals surface area contributed by atoms with Crippen molar-refractivity contribution < 1.29 is 8.60 Å². The zero-order valence-electron chi connectivity index (χ0n) is 7.81. The maximum atomic E-state index is 12.7. The summed E-state index contributed by atoms with van der Waals surface area (Å²) in [6.45, 7) is 1.75. The summed E-state index contributed by atoms with van der Waals surface area (Å²) in [5.74, 6) is -0.338. The van der Waals surface area contributed by atoms with Crippen molar-refractivity contribution >= 4 is 22.3 Å². The Morgan fingerprint density at radius 3 is 2.53 bits per heavy atom. The molecule has 1 atom stereocenters. The van der Waals surface area contributed by atoms with Crippen molar-refractivity contribution in [2.45, 2.75) is 16.0 Å². The average Bonchev–Trinajstić information content (AvgIpc) is 2.65. The lowest BCUT2D eigenvalue weighted by Crippen LogP contribution is -1.92. The van der Waals surface area contributed by atoms with Crippen molar-refractivity contribution in [1.82, 2.24) is 9.59 Å². The summed E-state index contributed by atoms with van der Waals surface area (Å²) >= 11 is 1.10. The van der Waals surface area contributed by atoms with E-state index in [1.165, 1.54) is 24.3 Å². The van der Waals surface area contributed by atoms with E-state index in [1.54, 1.807) is 6.92 Å². The highest BCUT2D eigenvalue weighted by Crippen LogP contribution is 2.21. The van der Waals surface area contributed by atoms with Crippen LogP contribution in [0.3, 0.4) is 0 Å². The van der Waals surface area contributed by atoms with E-state index in [0.29, 0.717) is 14.8 Å². The molecule has 3 nitrogen and oxygen atoms in total. The summed E-state index contributed by atoms with van der Waals surface area (Å²) in [5, 5.41) is 3.78. The molecule has 0 amide bonds. The molecule has 0 saturated carbocycles. The minimum atomic E-state index is -1.31. The van der Waals surface area contributed by atoms with Crippen LogP contribution in [0.4, 0.5) is 4.39 Å². The molecule has 6 heteroatoms. The first kappa shape index (κ1) is 10.4. The number of nitrogens with zero attached hydrogens (tertiary/aromatic N) is 2. The van der Waals surface area contributed by atoms with E-state index >= 15 is 0 Å². The van der Waals surface area contributed by atoms with Gasteiger partial charge < -0.3 is 0 Å². The van der Waals surface area contributed by atoms with Gasteiger partial charge in [-0.05, 0) is 42.7 Å². The lowest BCUT2D eigenvalue weighted by atomic mass is 10.4. The molecular formula is C9H7FN2OS2. The van der Waals surface area contributed by atoms with Gasteiger partial charge in [-0.2, -0.15) is 0 Å². The van der Waals surface area contributed by atoms with Crippen molar-refractivity contribution in [1.29, 1.82) is 0 Å². The van der Waals surface area contributed by atoms with Crippen LogP contribution >= 0.6 is 11.5 Å². The molecule has 0 fully saturated rings. The highest BCUT2D eigenvalue weighted by molar-refractivity contribution is 7.87. The van der Waals surface area contributed by atoms with Crippen LogP contribution in [0.2, 0.25) is 0 Å². The van der Waals surface area contributed by atoms with Crippen molar-refractivity contribution in [2.75, 3.05) is 0 Å². The summed E-state index contributed by atoms with van der Waals surface area (Å²) in [6.07, 6.45) is 0. The number of rotatable bonds is 2. The SMILES string of the molecule is Cc1nnsc1[S@](=O)c1ccc(F)cc1. The predicted molar refractivity (Wildman–Crippen MR) is 55.7 cm³/mol. The van der Waals surface area contributed by atoms with Crippen LogP contribution in [-0.2, 0) is 10.8 Å². The second-order valence-corrected chi connectivity index (χ2v) is 5.30. The number of hydrogen-bond donors (Lipinski definition) is 0. The summed E-state index contributed by atoms with van der Waals surface area (Å²) < 4.78 is 28.9. The minimum absolute atomic E-state index is 0.338. The van der Waals surface area contributed by atoms with Gasteiger partial charge in [0.15, 0.2) is 0 Å². The number of aromatic nitrogens is 2. The highest BCUT2D eigenvalue weighted by atomic mass is 32.2. The van der Waals surface area contributed by atoms with Crippen LogP contribution in [0.1, 0.15) is 5.69 Å². The molecule has 0 N–H and O–H groups in total. The Morgan fingerprint density at radius 2 is 2.00 bits per heavy atom. The maximum absolute atomic E-state index is 12.7. The third-order valence-corrected chi connectivity index (χ3v) is 4.44. The Morgan fingerprint density at radius 1 is 1.33 bits per heavy atom. The Labute approximate surface area is 92.6 Å². The van der Waals surface area contributed by atoms with Crippen LogP contribution < -0.4 is 0 Å². The topological polar surface area (TPSA) is 42.9 Å². The molecular weight excluding hydrogens is 235 g/mol. The van der Waals surface area contributed by atoms with Crippen LogP contribution in [0.5, 0.6) is 0 Å². The largest absolute Gasteiger partial charge is 0.248 e. The third kappa shape index (κ3) is 2.10. The van der Waals surface area contributed by atoms with Gasteiger partial charge >= 0.3 is 0 Å². The summed E-state index contributed by atoms with van der Waals surface area (Å²) in [5.41, 5.74) is 0.655. The monoisotopic (exact) mass is 242 g/mol. The second kappa shape index (κ2) is 4.16. The first-order valence-electron chi connectivity index (χ1n) is 4.15. The molecule has 1 aromatic heterocycles. The van der Waals surface area contributed by atoms with Crippen LogP contribution in [-0.4, -0.2) is 13.8 Å². The Balaban J connectivity index is 2.37. The molecule has 0 spiro atoms. The number of halogens is 1. The van der Waals surface area contributed by atoms with E-state index in [0.717, 1.165) is 11.5 Å². The molecule has 2 rings (SSSR count). The van der Waals surface area contributed by atoms with Crippen molar-refractivity contribution in [3.05, 3.63) is 35.8 Å². The van der Waals surface area contributed by atoms with Gasteiger partial charge in [-0.25, -0.2) is 8.60 Å². The van der Waals surface area contributed by atoms with Crippen molar-refractivity contribution in [3.63, 3.8) is 0 Å². The molecule has 0 aliphatic rings. The average molecular weight is 242 g/mol. The fraction of sp³-hybridized carbons (Fsp3) is 0.111. The molecule has 0 unspecified atom stereocenters. The number of aryl methyl sites for hydroxylation is 1. The van der Waals surface area contributed by atoms with Gasteiger partial charge in [-0.1, -0.05) is 4.49 Å². The Hall–Kier alpha value is -1.14. The first-order chi connectivity index (χ1) is 7.18. The van der Waals surface area contributed by atoms with Crippen LogP contribution in [0.15, 0.2) is 33.4 Å². The molecule has 78 valence electrons. The molecule has 0 radical (unpaired) electrons. The van der Waals surface area contributed by atoms with E-state index < -0.39 is 10.8 Å². The normalized spacial score (nSPS) is 12.7. The fourth-order valence-corrected chi connectivity index (χ4v) is 3.04. The molecule has 0 aliphatic carbocycles. The van der Waals surface area contributed by atoms with E-state index in [-0.39, 0.29) is 5.82 Å². The predicted octanol–water partition coefficient (Wildman–Crippen LogP) is 2.15. The number of hydrogen-bond acceptors (Lipinski definition) is 4. The summed E-state index contributed by atoms with van der Waals surface area (Å²) in [4.78, 5) is 0.561. The quantitative estimate of drug-likeness (QED) is 0.810.